The van der Waals surface area contributed by atoms with Gasteiger partial charge in [0.1, 0.15) is 5.84 Å². The van der Waals surface area contributed by atoms with E-state index in [4.69, 9.17) is 30.9 Å². The van der Waals surface area contributed by atoms with E-state index < -0.39 is 12.1 Å². The Morgan fingerprint density at radius 3 is 1.87 bits per heavy atom. The minimum absolute atomic E-state index is 0.0797. The molecular formula is C22H17N3O6-2. The minimum atomic E-state index is -2.33. The summed E-state index contributed by atoms with van der Waals surface area (Å²) in [6, 6.07) is 21.7. The van der Waals surface area contributed by atoms with Crippen LogP contribution in [0.5, 0.6) is 5.75 Å². The lowest BCUT2D eigenvalue weighted by Gasteiger charge is -2.11. The fraction of sp³-hybridized carbons (Fsp3) is 0. The zero-order valence-corrected chi connectivity index (χ0v) is 16.0. The summed E-state index contributed by atoms with van der Waals surface area (Å²) < 4.78 is 5.43. The number of para-hydroxylation sites is 2. The number of amides is 1. The van der Waals surface area contributed by atoms with Crippen molar-refractivity contribution in [2.75, 3.05) is 5.32 Å². The van der Waals surface area contributed by atoms with Crippen LogP contribution in [0.25, 0.3) is 0 Å². The van der Waals surface area contributed by atoms with Gasteiger partial charge >= 0.3 is 5.97 Å². The highest BCUT2D eigenvalue weighted by atomic mass is 16.6. The molecule has 3 aromatic carbocycles. The van der Waals surface area contributed by atoms with Crippen LogP contribution in [0.3, 0.4) is 0 Å². The van der Waals surface area contributed by atoms with Crippen LogP contribution >= 0.6 is 0 Å². The number of carbonyl (C=O) groups excluding carboxylic acids is 3. The molecule has 0 aliphatic rings. The lowest BCUT2D eigenvalue weighted by molar-refractivity contribution is -0.415. The lowest BCUT2D eigenvalue weighted by Crippen LogP contribution is -2.37. The molecule has 9 nitrogen and oxygen atoms in total. The molecule has 31 heavy (non-hydrogen) atoms. The Hall–Kier alpha value is -4.66. The van der Waals surface area contributed by atoms with Gasteiger partial charge in [-0.2, -0.15) is 0 Å². The number of anilines is 1. The fourth-order valence-electron chi connectivity index (χ4n) is 2.39. The summed E-state index contributed by atoms with van der Waals surface area (Å²) in [6.07, 6.45) is -2.33. The molecular weight excluding hydrogens is 402 g/mol. The number of nitrogen functional groups attached to an aromatic ring is 1. The van der Waals surface area contributed by atoms with Gasteiger partial charge in [0, 0.05) is 11.1 Å². The maximum absolute atomic E-state index is 12.4. The molecule has 0 unspecified atom stereocenters. The molecule has 0 heterocycles. The summed E-state index contributed by atoms with van der Waals surface area (Å²) >= 11 is 0. The SMILES string of the molecule is N=C(N)c1ccc(C(=O)Oc2ccccc2NC(=O)c2ccccc2)cc1.O=C([O-])[O-]. The number of nitrogens with one attached hydrogen (secondary N) is 2. The number of hydrogen-bond donors (Lipinski definition) is 3. The highest BCUT2D eigenvalue weighted by molar-refractivity contribution is 6.05. The van der Waals surface area contributed by atoms with Crippen molar-refractivity contribution in [2.45, 2.75) is 0 Å². The van der Waals surface area contributed by atoms with Gasteiger partial charge < -0.3 is 30.8 Å². The molecule has 4 N–H and O–H groups in total. The second-order valence-corrected chi connectivity index (χ2v) is 5.95. The number of carbonyl (C=O) groups is 3. The maximum atomic E-state index is 12.4. The van der Waals surface area contributed by atoms with Gasteiger partial charge in [0.05, 0.1) is 11.3 Å². The topological polar surface area (TPSA) is 168 Å². The molecule has 0 spiro atoms. The van der Waals surface area contributed by atoms with Crippen LogP contribution < -0.4 is 26.0 Å². The molecule has 0 aliphatic carbocycles. The van der Waals surface area contributed by atoms with Gasteiger partial charge in [-0.3, -0.25) is 10.2 Å². The van der Waals surface area contributed by atoms with Crippen molar-refractivity contribution in [1.82, 2.24) is 0 Å². The summed E-state index contributed by atoms with van der Waals surface area (Å²) in [5, 5.41) is 26.8. The van der Waals surface area contributed by atoms with E-state index in [2.05, 4.69) is 5.32 Å². The van der Waals surface area contributed by atoms with Crippen molar-refractivity contribution < 1.29 is 29.3 Å². The monoisotopic (exact) mass is 419 g/mol. The van der Waals surface area contributed by atoms with E-state index in [1.807, 2.05) is 6.07 Å². The van der Waals surface area contributed by atoms with Crippen molar-refractivity contribution in [3.05, 3.63) is 95.6 Å². The first-order chi connectivity index (χ1) is 14.8. The molecule has 3 aromatic rings. The normalized spacial score (nSPS) is 9.55. The Bertz CT molecular complexity index is 1080. The smallest absolute Gasteiger partial charge is 0.343 e. The van der Waals surface area contributed by atoms with Crippen LogP contribution in [0.1, 0.15) is 26.3 Å². The Morgan fingerprint density at radius 1 is 0.774 bits per heavy atom. The van der Waals surface area contributed by atoms with Gasteiger partial charge in [0.15, 0.2) is 5.75 Å². The van der Waals surface area contributed by atoms with Crippen LogP contribution in [-0.2, 0) is 0 Å². The predicted octanol–water partition coefficient (Wildman–Crippen LogP) is 0.995. The third-order valence-corrected chi connectivity index (χ3v) is 3.81. The zero-order chi connectivity index (χ0) is 22.8. The number of ether oxygens (including phenoxy) is 1. The van der Waals surface area contributed by atoms with Gasteiger partial charge in [0.2, 0.25) is 0 Å². The van der Waals surface area contributed by atoms with Gasteiger partial charge in [-0.05, 0) is 42.6 Å². The van der Waals surface area contributed by atoms with Crippen molar-refractivity contribution in [2.24, 2.45) is 5.73 Å². The van der Waals surface area contributed by atoms with Crippen molar-refractivity contribution in [1.29, 1.82) is 5.41 Å². The number of nitrogens with two attached hydrogens (primary N) is 1. The third-order valence-electron chi connectivity index (χ3n) is 3.81. The third kappa shape index (κ3) is 7.02. The summed E-state index contributed by atoms with van der Waals surface area (Å²) in [5.41, 5.74) is 7.12. The van der Waals surface area contributed by atoms with Gasteiger partial charge in [-0.25, -0.2) is 4.79 Å². The summed E-state index contributed by atoms with van der Waals surface area (Å²) in [6.45, 7) is 0. The standard InChI is InChI=1S/C21H17N3O3.CH2O3/c22-19(23)14-10-12-16(13-11-14)21(26)27-18-9-5-4-8-17(18)24-20(25)15-6-2-1-3-7-15;2-1(3)4/h1-13H,(H3,22,23)(H,24,25);(H2,2,3,4)/p-2. The van der Waals surface area contributed by atoms with Crippen LogP contribution in [-0.4, -0.2) is 23.9 Å². The molecule has 0 aromatic heterocycles. The molecule has 3 rings (SSSR count). The number of esters is 1. The molecule has 0 fully saturated rings. The van der Waals surface area contributed by atoms with Crippen molar-refractivity contribution in [3.63, 3.8) is 0 Å². The van der Waals surface area contributed by atoms with E-state index in [9.17, 15) is 9.59 Å². The number of carboxylic acid groups (broad SMARTS) is 2. The first-order valence-corrected chi connectivity index (χ1v) is 8.78. The minimum Gasteiger partial charge on any atom is -0.652 e. The number of benzene rings is 3. The highest BCUT2D eigenvalue weighted by Crippen LogP contribution is 2.25. The molecule has 0 radical (unpaired) electrons. The quantitative estimate of drug-likeness (QED) is 0.240. The molecule has 1 amide bonds. The summed E-state index contributed by atoms with van der Waals surface area (Å²) in [4.78, 5) is 33.1. The summed E-state index contributed by atoms with van der Waals surface area (Å²) in [7, 11) is 0. The fourth-order valence-corrected chi connectivity index (χ4v) is 2.39. The second-order valence-electron chi connectivity index (χ2n) is 5.95. The van der Waals surface area contributed by atoms with Crippen molar-refractivity contribution in [3.8, 4) is 5.75 Å². The molecule has 9 heteroatoms. The van der Waals surface area contributed by atoms with Crippen molar-refractivity contribution >= 4 is 29.6 Å². The molecule has 0 bridgehead atoms. The van der Waals surface area contributed by atoms with Gasteiger partial charge in [-0.1, -0.05) is 42.5 Å². The largest absolute Gasteiger partial charge is 0.652 e. The Balaban J connectivity index is 0.000000785. The highest BCUT2D eigenvalue weighted by Gasteiger charge is 2.14. The predicted molar refractivity (Wildman–Crippen MR) is 109 cm³/mol. The molecule has 0 atom stereocenters. The number of hydrogen-bond acceptors (Lipinski definition) is 7. The van der Waals surface area contributed by atoms with Crippen LogP contribution in [0.2, 0.25) is 0 Å². The first-order valence-electron chi connectivity index (χ1n) is 8.78. The van der Waals surface area contributed by atoms with Crippen LogP contribution in [0.4, 0.5) is 10.5 Å². The van der Waals surface area contributed by atoms with E-state index in [0.717, 1.165) is 0 Å². The number of amidine groups is 1. The van der Waals surface area contributed by atoms with Crippen LogP contribution in [0.15, 0.2) is 78.9 Å². The van der Waals surface area contributed by atoms with E-state index in [0.29, 0.717) is 22.4 Å². The molecule has 158 valence electrons. The van der Waals surface area contributed by atoms with Gasteiger partial charge in [-0.15, -0.1) is 0 Å². The van der Waals surface area contributed by atoms with E-state index in [-0.39, 0.29) is 17.5 Å². The van der Waals surface area contributed by atoms with Crippen LogP contribution in [0, 0.1) is 5.41 Å². The molecule has 0 saturated heterocycles. The maximum Gasteiger partial charge on any atom is 0.343 e. The lowest BCUT2D eigenvalue weighted by atomic mass is 10.1. The van der Waals surface area contributed by atoms with E-state index in [1.165, 1.54) is 12.1 Å². The Morgan fingerprint density at radius 2 is 1.29 bits per heavy atom. The molecule has 0 aliphatic heterocycles. The van der Waals surface area contributed by atoms with E-state index >= 15 is 0 Å². The number of rotatable bonds is 5. The molecule has 0 saturated carbocycles. The van der Waals surface area contributed by atoms with Gasteiger partial charge in [0.25, 0.3) is 5.91 Å². The van der Waals surface area contributed by atoms with E-state index in [1.54, 1.807) is 60.7 Å². The Kier molecular flexibility index (Phi) is 7.86. The summed E-state index contributed by atoms with van der Waals surface area (Å²) in [5.74, 6) is -0.720. The average molecular weight is 419 g/mol. The zero-order valence-electron chi connectivity index (χ0n) is 16.0. The first kappa shape index (κ1) is 22.6. The second kappa shape index (κ2) is 10.8. The average Bonchev–Trinajstić information content (AvgIpc) is 2.75. The Labute approximate surface area is 177 Å².